The van der Waals surface area contributed by atoms with Crippen molar-refractivity contribution in [3.8, 4) is 0 Å². The molecule has 0 bridgehead atoms. The maximum atomic E-state index is 13.8. The van der Waals surface area contributed by atoms with E-state index in [1.54, 1.807) is 6.07 Å². The lowest BCUT2D eigenvalue weighted by molar-refractivity contribution is 0.0566. The van der Waals surface area contributed by atoms with Crippen molar-refractivity contribution in [3.63, 3.8) is 0 Å². The number of thiophene rings is 1. The summed E-state index contributed by atoms with van der Waals surface area (Å²) in [5.74, 6) is 0. The summed E-state index contributed by atoms with van der Waals surface area (Å²) in [6.45, 7) is 0. The van der Waals surface area contributed by atoms with Crippen LogP contribution in [0.3, 0.4) is 0 Å². The Hall–Kier alpha value is -0.850. The second kappa shape index (κ2) is 4.83. The van der Waals surface area contributed by atoms with Crippen LogP contribution in [-0.2, 0) is 10.2 Å². The highest BCUT2D eigenvalue weighted by atomic mass is 79.9. The van der Waals surface area contributed by atoms with Gasteiger partial charge in [-0.3, -0.25) is 4.57 Å². The molecular weight excluding hydrogens is 385 g/mol. The molecule has 0 fully saturated rings. The maximum Gasteiger partial charge on any atom is 0.399 e. The van der Waals surface area contributed by atoms with E-state index < -0.39 is 18.8 Å². The zero-order valence-corrected chi connectivity index (χ0v) is 13.6. The molecule has 2 N–H and O–H groups in total. The van der Waals surface area contributed by atoms with Gasteiger partial charge in [-0.15, -0.1) is 11.3 Å². The van der Waals surface area contributed by atoms with Crippen LogP contribution in [0.5, 0.6) is 0 Å². The summed E-state index contributed by atoms with van der Waals surface area (Å²) in [4.78, 5) is 17.7. The fourth-order valence-corrected chi connectivity index (χ4v) is 4.01. The molecule has 0 aliphatic carbocycles. The lowest BCUT2D eigenvalue weighted by Crippen LogP contribution is -2.13. The van der Waals surface area contributed by atoms with Crippen molar-refractivity contribution in [1.29, 1.82) is 0 Å². The highest BCUT2D eigenvalue weighted by molar-refractivity contribution is 9.10. The number of alkyl halides is 2. The summed E-state index contributed by atoms with van der Waals surface area (Å²) < 4.78 is 41.1. The molecule has 21 heavy (non-hydrogen) atoms. The van der Waals surface area contributed by atoms with Crippen molar-refractivity contribution < 1.29 is 23.1 Å². The lowest BCUT2D eigenvalue weighted by Gasteiger charge is -2.17. The molecule has 0 atom stereocenters. The second-order valence-corrected chi connectivity index (χ2v) is 8.19. The lowest BCUT2D eigenvalue weighted by atomic mass is 10.1. The molecule has 1 heterocycles. The summed E-state index contributed by atoms with van der Waals surface area (Å²) in [6, 6.07) is 9.19. The topological polar surface area (TPSA) is 57.5 Å². The van der Waals surface area contributed by atoms with E-state index in [4.69, 9.17) is 9.79 Å². The average molecular weight is 393 g/mol. The van der Waals surface area contributed by atoms with Gasteiger partial charge in [-0.2, -0.15) is 8.78 Å². The van der Waals surface area contributed by atoms with E-state index in [9.17, 15) is 13.3 Å². The Balaban J connectivity index is 2.31. The van der Waals surface area contributed by atoms with Crippen LogP contribution in [0.4, 0.5) is 8.78 Å². The average Bonchev–Trinajstić information content (AvgIpc) is 2.74. The monoisotopic (exact) mass is 392 g/mol. The van der Waals surface area contributed by atoms with Gasteiger partial charge in [0.15, 0.2) is 0 Å². The first-order valence-corrected chi connectivity index (χ1v) is 8.98. The van der Waals surface area contributed by atoms with Crippen LogP contribution in [0.25, 0.3) is 20.2 Å². The number of halogens is 3. The van der Waals surface area contributed by atoms with Crippen LogP contribution in [0.1, 0.15) is 5.56 Å². The third-order valence-electron chi connectivity index (χ3n) is 3.14. The van der Waals surface area contributed by atoms with Crippen molar-refractivity contribution in [1.82, 2.24) is 0 Å². The van der Waals surface area contributed by atoms with Gasteiger partial charge in [-0.1, -0.05) is 22.0 Å². The molecule has 2 aromatic carbocycles. The number of hydrogen-bond acceptors (Lipinski definition) is 2. The molecule has 0 saturated heterocycles. The van der Waals surface area contributed by atoms with Gasteiger partial charge in [0.25, 0.3) is 0 Å². The van der Waals surface area contributed by atoms with Crippen molar-refractivity contribution in [2.24, 2.45) is 0 Å². The van der Waals surface area contributed by atoms with Crippen molar-refractivity contribution in [2.45, 2.75) is 5.66 Å². The van der Waals surface area contributed by atoms with Crippen molar-refractivity contribution >= 4 is 55.0 Å². The standard InChI is InChI=1S/C13H8BrF2O3PS/c14-8-2-4-12-10(6-8)9-5-7(1-3-11(9)21-12)13(15,16)20(17,18)19/h1-6H,(H2,17,18,19). The molecular formula is C13H8BrF2O3PS. The Morgan fingerprint density at radius 3 is 2.24 bits per heavy atom. The van der Waals surface area contributed by atoms with E-state index in [1.165, 1.54) is 17.4 Å². The normalized spacial score (nSPS) is 13.2. The first-order chi connectivity index (χ1) is 9.70. The SMILES string of the molecule is O=P(O)(O)C(F)(F)c1ccc2sc3ccc(Br)cc3c2c1. The third kappa shape index (κ3) is 2.43. The smallest absolute Gasteiger partial charge is 0.320 e. The number of rotatable bonds is 2. The van der Waals surface area contributed by atoms with Crippen LogP contribution < -0.4 is 0 Å². The van der Waals surface area contributed by atoms with Gasteiger partial charge in [0, 0.05) is 30.2 Å². The quantitative estimate of drug-likeness (QED) is 0.600. The molecule has 0 unspecified atom stereocenters. The predicted octanol–water partition coefficient (Wildman–Crippen LogP) is 5.04. The van der Waals surface area contributed by atoms with Crippen LogP contribution in [0.2, 0.25) is 0 Å². The molecule has 8 heteroatoms. The summed E-state index contributed by atoms with van der Waals surface area (Å²) in [5.41, 5.74) is -4.87. The fourth-order valence-electron chi connectivity index (χ4n) is 2.10. The Bertz CT molecular complexity index is 903. The summed E-state index contributed by atoms with van der Waals surface area (Å²) in [6.07, 6.45) is 0. The summed E-state index contributed by atoms with van der Waals surface area (Å²) in [7, 11) is -5.56. The molecule has 0 amide bonds. The van der Waals surface area contributed by atoms with Crippen molar-refractivity contribution in [3.05, 3.63) is 46.4 Å². The molecule has 3 rings (SSSR count). The van der Waals surface area contributed by atoms with Crippen LogP contribution in [0.15, 0.2) is 40.9 Å². The third-order valence-corrected chi connectivity index (χ3v) is 5.78. The van der Waals surface area contributed by atoms with Gasteiger partial charge in [-0.25, -0.2) is 0 Å². The molecule has 0 spiro atoms. The molecule has 3 nitrogen and oxygen atoms in total. The minimum absolute atomic E-state index is 0.557. The molecule has 0 saturated carbocycles. The highest BCUT2D eigenvalue weighted by Crippen LogP contribution is 2.59. The first kappa shape index (κ1) is 15.1. The highest BCUT2D eigenvalue weighted by Gasteiger charge is 2.50. The molecule has 3 aromatic rings. The van der Waals surface area contributed by atoms with Crippen LogP contribution >= 0.6 is 34.9 Å². The minimum atomic E-state index is -5.56. The largest absolute Gasteiger partial charge is 0.399 e. The first-order valence-electron chi connectivity index (χ1n) is 5.76. The molecule has 0 aliphatic heterocycles. The maximum absolute atomic E-state index is 13.8. The Morgan fingerprint density at radius 2 is 1.62 bits per heavy atom. The summed E-state index contributed by atoms with van der Waals surface area (Å²) in [5, 5.41) is 1.33. The van der Waals surface area contributed by atoms with E-state index in [1.807, 2.05) is 12.1 Å². The second-order valence-electron chi connectivity index (χ2n) is 4.54. The molecule has 110 valence electrons. The zero-order valence-electron chi connectivity index (χ0n) is 10.3. The van der Waals surface area contributed by atoms with Crippen LogP contribution in [0, 0.1) is 0 Å². The van der Waals surface area contributed by atoms with E-state index in [0.29, 0.717) is 5.39 Å². The number of fused-ring (bicyclic) bond motifs is 3. The van der Waals surface area contributed by atoms with Gasteiger partial charge in [0.05, 0.1) is 0 Å². The van der Waals surface area contributed by atoms with Gasteiger partial charge in [-0.05, 0) is 30.3 Å². The molecule has 0 radical (unpaired) electrons. The van der Waals surface area contributed by atoms with E-state index in [2.05, 4.69) is 15.9 Å². The Kier molecular flexibility index (Phi) is 3.46. The Labute approximate surface area is 130 Å². The van der Waals surface area contributed by atoms with Crippen LogP contribution in [-0.4, -0.2) is 9.79 Å². The van der Waals surface area contributed by atoms with Gasteiger partial charge in [0.1, 0.15) is 0 Å². The van der Waals surface area contributed by atoms with E-state index in [-0.39, 0.29) is 0 Å². The zero-order chi connectivity index (χ0) is 15.4. The molecule has 1 aromatic heterocycles. The van der Waals surface area contributed by atoms with Gasteiger partial charge < -0.3 is 9.79 Å². The van der Waals surface area contributed by atoms with Gasteiger partial charge in [0.2, 0.25) is 0 Å². The van der Waals surface area contributed by atoms with Gasteiger partial charge >= 0.3 is 13.3 Å². The fraction of sp³-hybridized carbons (Fsp3) is 0.0769. The summed E-state index contributed by atoms with van der Waals surface area (Å²) >= 11 is 4.76. The van der Waals surface area contributed by atoms with E-state index >= 15 is 0 Å². The Morgan fingerprint density at radius 1 is 1.05 bits per heavy atom. The van der Waals surface area contributed by atoms with E-state index in [0.717, 1.165) is 31.4 Å². The number of benzene rings is 2. The predicted molar refractivity (Wildman–Crippen MR) is 83.0 cm³/mol. The minimum Gasteiger partial charge on any atom is -0.320 e. The number of hydrogen-bond donors (Lipinski definition) is 2. The molecule has 0 aliphatic rings. The van der Waals surface area contributed by atoms with Crippen molar-refractivity contribution in [2.75, 3.05) is 0 Å².